The van der Waals surface area contributed by atoms with Gasteiger partial charge in [0.25, 0.3) is 0 Å². The van der Waals surface area contributed by atoms with Gasteiger partial charge in [0, 0.05) is 15.8 Å². The molecular weight excluding hydrogens is 436 g/mol. The van der Waals surface area contributed by atoms with Crippen molar-refractivity contribution in [1.29, 1.82) is 0 Å². The lowest BCUT2D eigenvalue weighted by molar-refractivity contribution is -0.115. The van der Waals surface area contributed by atoms with E-state index in [0.29, 0.717) is 26.4 Å². The molecule has 0 aliphatic rings. The lowest BCUT2D eigenvalue weighted by atomic mass is 10.1. The molecule has 0 spiro atoms. The van der Waals surface area contributed by atoms with E-state index in [1.165, 1.54) is 45.3 Å². The van der Waals surface area contributed by atoms with E-state index in [0.717, 1.165) is 14.5 Å². The van der Waals surface area contributed by atoms with Gasteiger partial charge in [0.2, 0.25) is 5.91 Å². The molecule has 11 heteroatoms. The molecule has 144 valence electrons. The van der Waals surface area contributed by atoms with Gasteiger partial charge in [0.05, 0.1) is 13.0 Å². The minimum Gasteiger partial charge on any atom is -0.462 e. The Kier molecular flexibility index (Phi) is 5.40. The van der Waals surface area contributed by atoms with Gasteiger partial charge in [-0.15, -0.1) is 34.0 Å². The Balaban J connectivity index is 1.56. The first kappa shape index (κ1) is 19.0. The molecule has 28 heavy (non-hydrogen) atoms. The number of hydrogen-bond donors (Lipinski definition) is 2. The van der Waals surface area contributed by atoms with Crippen molar-refractivity contribution in [3.8, 4) is 10.4 Å². The van der Waals surface area contributed by atoms with E-state index in [1.807, 2.05) is 22.9 Å². The van der Waals surface area contributed by atoms with Gasteiger partial charge in [-0.05, 0) is 18.4 Å². The van der Waals surface area contributed by atoms with E-state index in [9.17, 15) is 9.59 Å². The van der Waals surface area contributed by atoms with Crippen LogP contribution in [0, 0.1) is 0 Å². The summed E-state index contributed by atoms with van der Waals surface area (Å²) in [6.45, 7) is 2.01. The number of nitrogens with one attached hydrogen (secondary N) is 1. The number of nitrogen functional groups attached to an aromatic ring is 1. The summed E-state index contributed by atoms with van der Waals surface area (Å²) in [7, 11) is 0. The Morgan fingerprint density at radius 3 is 2.82 bits per heavy atom. The van der Waals surface area contributed by atoms with Crippen LogP contribution in [0.15, 0.2) is 22.9 Å². The van der Waals surface area contributed by atoms with Crippen LogP contribution in [0.2, 0.25) is 0 Å². The number of thiazole rings is 2. The lowest BCUT2D eigenvalue weighted by Gasteiger charge is -2.07. The highest BCUT2D eigenvalue weighted by Crippen LogP contribution is 2.38. The SMILES string of the molecule is CCOC(=O)c1c(-c2cccs2)csc1NC(=O)Cc1nc2nc(N)sc2s1. The van der Waals surface area contributed by atoms with E-state index >= 15 is 0 Å². The molecule has 4 aromatic rings. The van der Waals surface area contributed by atoms with Crippen molar-refractivity contribution in [3.63, 3.8) is 0 Å². The summed E-state index contributed by atoms with van der Waals surface area (Å²) in [4.78, 5) is 34.5. The first-order valence-corrected chi connectivity index (χ1v) is 11.6. The summed E-state index contributed by atoms with van der Waals surface area (Å²) in [5.74, 6) is -0.698. The predicted molar refractivity (Wildman–Crippen MR) is 116 cm³/mol. The van der Waals surface area contributed by atoms with E-state index in [1.54, 1.807) is 6.92 Å². The van der Waals surface area contributed by atoms with E-state index < -0.39 is 5.97 Å². The van der Waals surface area contributed by atoms with Crippen LogP contribution in [0.25, 0.3) is 20.1 Å². The smallest absolute Gasteiger partial charge is 0.341 e. The molecule has 4 rings (SSSR count). The predicted octanol–water partition coefficient (Wildman–Crippen LogP) is 4.48. The van der Waals surface area contributed by atoms with Gasteiger partial charge >= 0.3 is 5.97 Å². The first-order chi connectivity index (χ1) is 13.5. The minimum absolute atomic E-state index is 0.0994. The number of amides is 1. The van der Waals surface area contributed by atoms with Crippen molar-refractivity contribution in [2.45, 2.75) is 13.3 Å². The fourth-order valence-corrected chi connectivity index (χ4v) is 6.29. The third kappa shape index (κ3) is 3.78. The summed E-state index contributed by atoms with van der Waals surface area (Å²) in [6.07, 6.45) is 0.0994. The van der Waals surface area contributed by atoms with Crippen LogP contribution in [0.1, 0.15) is 22.3 Å². The van der Waals surface area contributed by atoms with Crippen LogP contribution < -0.4 is 11.1 Å². The van der Waals surface area contributed by atoms with Gasteiger partial charge in [-0.25, -0.2) is 9.78 Å². The quantitative estimate of drug-likeness (QED) is 0.419. The van der Waals surface area contributed by atoms with Crippen LogP contribution in [0.4, 0.5) is 10.1 Å². The third-order valence-corrected chi connectivity index (χ3v) is 7.47. The van der Waals surface area contributed by atoms with Crippen molar-refractivity contribution in [2.75, 3.05) is 17.7 Å². The van der Waals surface area contributed by atoms with Gasteiger partial charge in [-0.2, -0.15) is 4.98 Å². The number of carbonyl (C=O) groups excluding carboxylic acids is 2. The van der Waals surface area contributed by atoms with Crippen LogP contribution in [-0.4, -0.2) is 28.5 Å². The molecule has 1 amide bonds. The second-order valence-electron chi connectivity index (χ2n) is 5.55. The number of nitrogens with two attached hydrogens (primary N) is 1. The topological polar surface area (TPSA) is 107 Å². The van der Waals surface area contributed by atoms with Gasteiger partial charge in [0.15, 0.2) is 10.8 Å². The van der Waals surface area contributed by atoms with E-state index in [4.69, 9.17) is 10.5 Å². The molecular formula is C17H14N4O3S4. The fourth-order valence-electron chi connectivity index (χ4n) is 2.55. The molecule has 7 nitrogen and oxygen atoms in total. The second-order valence-corrected chi connectivity index (χ2v) is 9.75. The summed E-state index contributed by atoms with van der Waals surface area (Å²) < 4.78 is 6.09. The Morgan fingerprint density at radius 2 is 2.11 bits per heavy atom. The van der Waals surface area contributed by atoms with Crippen molar-refractivity contribution in [1.82, 2.24) is 9.97 Å². The molecule has 4 aromatic heterocycles. The van der Waals surface area contributed by atoms with Gasteiger partial charge in [0.1, 0.15) is 19.6 Å². The second kappa shape index (κ2) is 7.95. The highest BCUT2D eigenvalue weighted by molar-refractivity contribution is 7.39. The van der Waals surface area contributed by atoms with Gasteiger partial charge < -0.3 is 15.8 Å². The maximum Gasteiger partial charge on any atom is 0.341 e. The number of fused-ring (bicyclic) bond motifs is 1. The van der Waals surface area contributed by atoms with Crippen molar-refractivity contribution >= 4 is 77.0 Å². The lowest BCUT2D eigenvalue weighted by Crippen LogP contribution is -2.16. The molecule has 0 saturated carbocycles. The summed E-state index contributed by atoms with van der Waals surface area (Å²) >= 11 is 5.58. The number of carbonyl (C=O) groups is 2. The van der Waals surface area contributed by atoms with Gasteiger partial charge in [-0.3, -0.25) is 4.79 Å². The Bertz CT molecular complexity index is 1110. The monoisotopic (exact) mass is 450 g/mol. The molecule has 0 aliphatic heterocycles. The number of anilines is 2. The van der Waals surface area contributed by atoms with Crippen molar-refractivity contribution < 1.29 is 14.3 Å². The molecule has 0 fully saturated rings. The van der Waals surface area contributed by atoms with Gasteiger partial charge in [-0.1, -0.05) is 17.4 Å². The first-order valence-electron chi connectivity index (χ1n) is 8.19. The van der Waals surface area contributed by atoms with Crippen molar-refractivity contribution in [2.24, 2.45) is 0 Å². The zero-order valence-electron chi connectivity index (χ0n) is 14.6. The number of aromatic nitrogens is 2. The third-order valence-electron chi connectivity index (χ3n) is 3.66. The largest absolute Gasteiger partial charge is 0.462 e. The number of rotatable bonds is 6. The van der Waals surface area contributed by atoms with Crippen LogP contribution in [-0.2, 0) is 16.0 Å². The zero-order valence-corrected chi connectivity index (χ0v) is 17.8. The molecule has 0 aromatic carbocycles. The zero-order chi connectivity index (χ0) is 19.7. The Labute approximate surface area is 175 Å². The fraction of sp³-hybridized carbons (Fsp3) is 0.176. The Hall–Kier alpha value is -2.34. The molecule has 3 N–H and O–H groups in total. The minimum atomic E-state index is -0.447. The summed E-state index contributed by atoms with van der Waals surface area (Å²) in [6, 6.07) is 3.85. The average molecular weight is 451 g/mol. The number of hydrogen-bond acceptors (Lipinski definition) is 10. The molecule has 0 aliphatic carbocycles. The number of ether oxygens (including phenoxy) is 1. The maximum absolute atomic E-state index is 12.5. The number of thiophene rings is 2. The Morgan fingerprint density at radius 1 is 1.25 bits per heavy atom. The highest BCUT2D eigenvalue weighted by Gasteiger charge is 2.23. The number of esters is 1. The van der Waals surface area contributed by atoms with Crippen LogP contribution in [0.5, 0.6) is 0 Å². The summed E-state index contributed by atoms with van der Waals surface area (Å²) in [5.41, 5.74) is 7.38. The molecule has 4 heterocycles. The molecule has 0 atom stereocenters. The van der Waals surface area contributed by atoms with Crippen LogP contribution in [0.3, 0.4) is 0 Å². The van der Waals surface area contributed by atoms with Crippen LogP contribution >= 0.6 is 45.3 Å². The summed E-state index contributed by atoms with van der Waals surface area (Å²) in [5, 5.41) is 8.23. The highest BCUT2D eigenvalue weighted by atomic mass is 32.2. The molecule has 0 unspecified atom stereocenters. The molecule has 0 saturated heterocycles. The maximum atomic E-state index is 12.5. The van der Waals surface area contributed by atoms with E-state index in [-0.39, 0.29) is 18.9 Å². The molecule has 0 radical (unpaired) electrons. The number of nitrogens with zero attached hydrogens (tertiary/aromatic N) is 2. The normalized spacial score (nSPS) is 11.0. The van der Waals surface area contributed by atoms with Crippen molar-refractivity contribution in [3.05, 3.63) is 33.5 Å². The average Bonchev–Trinajstić information content (AvgIpc) is 3.38. The molecule has 0 bridgehead atoms. The standard InChI is InChI=1S/C17H14N4O3S4/c1-2-24-15(23)12-8(9-4-3-5-25-9)7-26-14(12)19-10(22)6-11-20-13-16(27-11)28-17(18)21-13/h3-5,7H,2,6H2,1H3,(H2,18,21)(H,19,22). The van der Waals surface area contributed by atoms with E-state index in [2.05, 4.69) is 15.3 Å².